The molecule has 0 radical (unpaired) electrons. The number of rotatable bonds is 1. The number of carbonyl (C=O) groups excluding carboxylic acids is 1. The molecule has 2 aromatic heterocycles. The Balaban J connectivity index is 1.74. The van der Waals surface area contributed by atoms with Crippen molar-refractivity contribution in [2.45, 2.75) is 45.6 Å². The zero-order chi connectivity index (χ0) is 20.9. The first-order valence-electron chi connectivity index (χ1n) is 10.8. The summed E-state index contributed by atoms with van der Waals surface area (Å²) in [7, 11) is 0. The normalized spacial score (nSPS) is 18.5. The number of nitrogens with zero attached hydrogens (tertiary/aromatic N) is 4. The molecule has 7 nitrogen and oxygen atoms in total. The molecule has 3 heterocycles. The fraction of sp³-hybridized carbons (Fsp3) is 0.435. The van der Waals surface area contributed by atoms with E-state index >= 15 is 0 Å². The van der Waals surface area contributed by atoms with E-state index in [2.05, 4.69) is 29.4 Å². The molecule has 1 aliphatic heterocycles. The van der Waals surface area contributed by atoms with Crippen LogP contribution in [-0.4, -0.2) is 45.0 Å². The zero-order valence-electron chi connectivity index (χ0n) is 17.7. The van der Waals surface area contributed by atoms with Crippen molar-refractivity contribution < 1.29 is 9.53 Å². The van der Waals surface area contributed by atoms with E-state index in [4.69, 9.17) is 9.72 Å². The Labute approximate surface area is 177 Å². The largest absolute Gasteiger partial charge is 0.475 e. The van der Waals surface area contributed by atoms with Crippen LogP contribution in [0.25, 0.3) is 16.9 Å². The first-order valence-corrected chi connectivity index (χ1v) is 10.8. The molecule has 1 aromatic carbocycles. The summed E-state index contributed by atoms with van der Waals surface area (Å²) in [6.45, 7) is 6.03. The smallest absolute Gasteiger partial charge is 0.317 e. The van der Waals surface area contributed by atoms with Crippen molar-refractivity contribution in [2.24, 2.45) is 0 Å². The minimum absolute atomic E-state index is 0.0108. The summed E-state index contributed by atoms with van der Waals surface area (Å²) in [5, 5.41) is 3.07. The average Bonchev–Trinajstić information content (AvgIpc) is 3.24. The lowest BCUT2D eigenvalue weighted by atomic mass is 10.0. The summed E-state index contributed by atoms with van der Waals surface area (Å²) in [6, 6.07) is 8.16. The number of fused-ring (bicyclic) bond motifs is 7. The predicted molar refractivity (Wildman–Crippen MR) is 117 cm³/mol. The summed E-state index contributed by atoms with van der Waals surface area (Å²) in [5.41, 5.74) is 3.61. The second-order valence-electron chi connectivity index (χ2n) is 7.67. The number of ether oxygens (including phenoxy) is 1. The van der Waals surface area contributed by atoms with Crippen molar-refractivity contribution in [2.75, 3.05) is 19.7 Å². The number of benzene rings is 1. The van der Waals surface area contributed by atoms with Gasteiger partial charge in [0, 0.05) is 37.2 Å². The number of carbonyl (C=O) groups is 1. The fourth-order valence-electron chi connectivity index (χ4n) is 3.92. The van der Waals surface area contributed by atoms with Crippen molar-refractivity contribution in [1.29, 1.82) is 0 Å². The number of imidazole rings is 1. The molecule has 4 rings (SSSR count). The van der Waals surface area contributed by atoms with Gasteiger partial charge in [-0.2, -0.15) is 0 Å². The van der Waals surface area contributed by atoms with E-state index in [1.807, 2.05) is 40.8 Å². The maximum atomic E-state index is 12.7. The number of hydrogen-bond donors (Lipinski definition) is 1. The molecule has 158 valence electrons. The van der Waals surface area contributed by atoms with Crippen LogP contribution in [0.1, 0.15) is 51.1 Å². The minimum Gasteiger partial charge on any atom is -0.475 e. The van der Waals surface area contributed by atoms with E-state index in [9.17, 15) is 4.79 Å². The monoisotopic (exact) mass is 407 g/mol. The van der Waals surface area contributed by atoms with Crippen molar-refractivity contribution in [3.63, 3.8) is 0 Å². The van der Waals surface area contributed by atoms with Crippen LogP contribution in [0.3, 0.4) is 0 Å². The lowest BCUT2D eigenvalue weighted by molar-refractivity contribution is 0.182. The van der Waals surface area contributed by atoms with Gasteiger partial charge in [-0.25, -0.2) is 14.8 Å². The van der Waals surface area contributed by atoms with Gasteiger partial charge in [0.25, 0.3) is 5.88 Å². The number of amides is 2. The van der Waals surface area contributed by atoms with Crippen LogP contribution < -0.4 is 10.1 Å². The summed E-state index contributed by atoms with van der Waals surface area (Å²) >= 11 is 0. The molecule has 1 aliphatic rings. The molecular weight excluding hydrogens is 378 g/mol. The van der Waals surface area contributed by atoms with Gasteiger partial charge in [0.2, 0.25) is 5.65 Å². The van der Waals surface area contributed by atoms with Crippen molar-refractivity contribution in [3.05, 3.63) is 48.4 Å². The number of urea groups is 1. The van der Waals surface area contributed by atoms with Gasteiger partial charge in [0.05, 0.1) is 18.3 Å². The molecule has 7 heteroatoms. The Morgan fingerprint density at radius 1 is 1.23 bits per heavy atom. The van der Waals surface area contributed by atoms with Gasteiger partial charge in [0.15, 0.2) is 0 Å². The van der Waals surface area contributed by atoms with Crippen molar-refractivity contribution in [1.82, 2.24) is 24.6 Å². The van der Waals surface area contributed by atoms with Crippen LogP contribution in [0.4, 0.5) is 4.79 Å². The van der Waals surface area contributed by atoms with Gasteiger partial charge in [-0.3, -0.25) is 0 Å². The second kappa shape index (κ2) is 9.15. The third-order valence-corrected chi connectivity index (χ3v) is 5.66. The lowest BCUT2D eigenvalue weighted by Gasteiger charge is -2.29. The summed E-state index contributed by atoms with van der Waals surface area (Å²) < 4.78 is 7.97. The molecule has 2 amide bonds. The van der Waals surface area contributed by atoms with Gasteiger partial charge in [0.1, 0.15) is 0 Å². The topological polar surface area (TPSA) is 71.8 Å². The van der Waals surface area contributed by atoms with E-state index in [0.717, 1.165) is 48.2 Å². The molecule has 0 fully saturated rings. The molecule has 30 heavy (non-hydrogen) atoms. The van der Waals surface area contributed by atoms with E-state index < -0.39 is 0 Å². The van der Waals surface area contributed by atoms with Crippen LogP contribution in [0.5, 0.6) is 5.88 Å². The highest BCUT2D eigenvalue weighted by Gasteiger charge is 2.20. The van der Waals surface area contributed by atoms with Gasteiger partial charge in [-0.05, 0) is 38.3 Å². The minimum atomic E-state index is -0.0432. The molecule has 1 N–H and O–H groups in total. The molecule has 0 saturated carbocycles. The molecule has 0 unspecified atom stereocenters. The number of aromatic nitrogens is 3. The summed E-state index contributed by atoms with van der Waals surface area (Å²) in [6.07, 6.45) is 9.65. The number of hydrogen-bond acceptors (Lipinski definition) is 4. The SMILES string of the molecule is CCN1C(=O)NCCCCCCOc2nc(cn3ccnc23)-c2cccc(c2)[C@H]1C. The number of nitrogens with one attached hydrogen (secondary N) is 1. The molecule has 0 aliphatic carbocycles. The van der Waals surface area contributed by atoms with Gasteiger partial charge in [-0.1, -0.05) is 31.0 Å². The molecule has 3 aromatic rings. The molecular formula is C23H29N5O2. The Morgan fingerprint density at radius 3 is 2.97 bits per heavy atom. The van der Waals surface area contributed by atoms with Gasteiger partial charge >= 0.3 is 6.03 Å². The highest BCUT2D eigenvalue weighted by molar-refractivity contribution is 5.75. The Bertz CT molecular complexity index is 1020. The van der Waals surface area contributed by atoms with Gasteiger partial charge < -0.3 is 19.4 Å². The standard InChI is InChI=1S/C23H29N5O2/c1-3-28-17(2)18-9-8-10-19(15-18)20-16-27-13-12-24-21(27)22(26-20)30-14-7-5-4-6-11-25-23(28)29/h8-10,12-13,15-17H,3-7,11,14H2,1-2H3,(H,25,29)/t17-/m1/s1. The van der Waals surface area contributed by atoms with E-state index in [1.54, 1.807) is 6.20 Å². The molecule has 0 saturated heterocycles. The highest BCUT2D eigenvalue weighted by atomic mass is 16.5. The fourth-order valence-corrected chi connectivity index (χ4v) is 3.92. The first-order chi connectivity index (χ1) is 14.7. The maximum absolute atomic E-state index is 12.7. The van der Waals surface area contributed by atoms with Crippen LogP contribution in [0.15, 0.2) is 42.9 Å². The van der Waals surface area contributed by atoms with Gasteiger partial charge in [-0.15, -0.1) is 0 Å². The quantitative estimate of drug-likeness (QED) is 0.647. The average molecular weight is 408 g/mol. The Morgan fingerprint density at radius 2 is 2.10 bits per heavy atom. The van der Waals surface area contributed by atoms with Crippen molar-refractivity contribution in [3.8, 4) is 17.1 Å². The summed E-state index contributed by atoms with van der Waals surface area (Å²) in [5.74, 6) is 0.562. The molecule has 0 spiro atoms. The van der Waals surface area contributed by atoms with Crippen molar-refractivity contribution >= 4 is 11.7 Å². The van der Waals surface area contributed by atoms with E-state index in [0.29, 0.717) is 25.6 Å². The Kier molecular flexibility index (Phi) is 6.16. The van der Waals surface area contributed by atoms with Crippen LogP contribution in [0, 0.1) is 0 Å². The van der Waals surface area contributed by atoms with Crippen LogP contribution in [-0.2, 0) is 0 Å². The highest BCUT2D eigenvalue weighted by Crippen LogP contribution is 2.28. The maximum Gasteiger partial charge on any atom is 0.317 e. The zero-order valence-corrected chi connectivity index (χ0v) is 17.7. The summed E-state index contributed by atoms with van der Waals surface area (Å²) in [4.78, 5) is 23.8. The van der Waals surface area contributed by atoms with Crippen LogP contribution in [0.2, 0.25) is 0 Å². The predicted octanol–water partition coefficient (Wildman–Crippen LogP) is 4.44. The molecule has 1 atom stereocenters. The lowest BCUT2D eigenvalue weighted by Crippen LogP contribution is -2.41. The van der Waals surface area contributed by atoms with Crippen LogP contribution >= 0.6 is 0 Å². The van der Waals surface area contributed by atoms with E-state index in [-0.39, 0.29) is 12.1 Å². The second-order valence-corrected chi connectivity index (χ2v) is 7.67. The third kappa shape index (κ3) is 4.25. The molecule has 4 bridgehead atoms. The first kappa shape index (κ1) is 20.2. The Hall–Kier alpha value is -3.09. The third-order valence-electron chi connectivity index (χ3n) is 5.66. The van der Waals surface area contributed by atoms with E-state index in [1.165, 1.54) is 0 Å².